The molecule has 0 amide bonds. The minimum Gasteiger partial charge on any atom is -0.381 e. The zero-order valence-corrected chi connectivity index (χ0v) is 11.8. The second-order valence-electron chi connectivity index (χ2n) is 5.83. The molecule has 2 aromatic rings. The molecule has 0 bridgehead atoms. The number of ether oxygens (including phenoxy) is 1. The third-order valence-corrected chi connectivity index (χ3v) is 4.48. The van der Waals surface area contributed by atoms with Crippen molar-refractivity contribution in [1.29, 1.82) is 0 Å². The van der Waals surface area contributed by atoms with Gasteiger partial charge in [-0.2, -0.15) is 5.10 Å². The molecule has 2 aliphatic heterocycles. The van der Waals surface area contributed by atoms with Gasteiger partial charge < -0.3 is 15.0 Å². The average molecular weight is 289 g/mol. The van der Waals surface area contributed by atoms with Crippen molar-refractivity contribution < 1.29 is 4.74 Å². The normalized spacial score (nSPS) is 23.9. The van der Waals surface area contributed by atoms with Crippen molar-refractivity contribution in [2.24, 2.45) is 0 Å². The minimum atomic E-state index is -0.0993. The Morgan fingerprint density at radius 2 is 2.10 bits per heavy atom. The van der Waals surface area contributed by atoms with Gasteiger partial charge in [0.05, 0.1) is 6.20 Å². The predicted molar refractivity (Wildman–Crippen MR) is 76.6 cm³/mol. The second kappa shape index (κ2) is 5.23. The summed E-state index contributed by atoms with van der Waals surface area (Å²) in [6.07, 6.45) is 4.52. The first-order valence-corrected chi connectivity index (χ1v) is 7.59. The van der Waals surface area contributed by atoms with Gasteiger partial charge in [-0.1, -0.05) is 0 Å². The van der Waals surface area contributed by atoms with Crippen molar-refractivity contribution >= 4 is 5.52 Å². The van der Waals surface area contributed by atoms with Gasteiger partial charge in [0, 0.05) is 31.6 Å². The van der Waals surface area contributed by atoms with Crippen molar-refractivity contribution in [2.45, 2.75) is 31.1 Å². The van der Waals surface area contributed by atoms with Crippen LogP contribution in [0.3, 0.4) is 0 Å². The summed E-state index contributed by atoms with van der Waals surface area (Å²) in [4.78, 5) is 19.6. The van der Waals surface area contributed by atoms with Gasteiger partial charge in [0.15, 0.2) is 5.52 Å². The van der Waals surface area contributed by atoms with Crippen LogP contribution in [-0.2, 0) is 4.74 Å². The van der Waals surface area contributed by atoms with Gasteiger partial charge in [0.25, 0.3) is 5.56 Å². The van der Waals surface area contributed by atoms with E-state index in [0.29, 0.717) is 11.4 Å². The van der Waals surface area contributed by atoms with E-state index in [1.54, 1.807) is 10.7 Å². The molecular formula is C14H19N5O2. The van der Waals surface area contributed by atoms with Crippen LogP contribution < -0.4 is 10.9 Å². The molecule has 4 heterocycles. The van der Waals surface area contributed by atoms with Gasteiger partial charge >= 0.3 is 0 Å². The number of aromatic nitrogens is 4. The third-order valence-electron chi connectivity index (χ3n) is 4.48. The fraction of sp³-hybridized carbons (Fsp3) is 0.643. The smallest absolute Gasteiger partial charge is 0.276 e. The minimum absolute atomic E-state index is 0.0993. The summed E-state index contributed by atoms with van der Waals surface area (Å²) in [5, 5.41) is 7.98. The van der Waals surface area contributed by atoms with E-state index in [-0.39, 0.29) is 11.5 Å². The van der Waals surface area contributed by atoms with E-state index < -0.39 is 0 Å². The Morgan fingerprint density at radius 3 is 2.86 bits per heavy atom. The number of nitrogens with zero attached hydrogens (tertiary/aromatic N) is 3. The highest BCUT2D eigenvalue weighted by Gasteiger charge is 2.24. The Bertz CT molecular complexity index is 695. The van der Waals surface area contributed by atoms with Crippen molar-refractivity contribution in [1.82, 2.24) is 24.9 Å². The van der Waals surface area contributed by atoms with Crippen molar-refractivity contribution in [2.75, 3.05) is 26.3 Å². The SMILES string of the molecule is O=c1[nH]c(C2CCNC2)nn2c(C3CCOCC3)ncc12. The lowest BCUT2D eigenvalue weighted by Crippen LogP contribution is -2.22. The monoisotopic (exact) mass is 289 g/mol. The Hall–Kier alpha value is -1.73. The van der Waals surface area contributed by atoms with Crippen molar-refractivity contribution in [3.8, 4) is 0 Å². The lowest BCUT2D eigenvalue weighted by Gasteiger charge is -2.20. The van der Waals surface area contributed by atoms with Crippen LogP contribution in [0.5, 0.6) is 0 Å². The van der Waals surface area contributed by atoms with Crippen LogP contribution in [0.15, 0.2) is 11.0 Å². The van der Waals surface area contributed by atoms with Crippen LogP contribution in [-0.4, -0.2) is 45.9 Å². The van der Waals surface area contributed by atoms with Crippen LogP contribution in [0.25, 0.3) is 5.52 Å². The fourth-order valence-electron chi connectivity index (χ4n) is 3.24. The molecule has 2 aromatic heterocycles. The molecule has 1 unspecified atom stereocenters. The number of rotatable bonds is 2. The molecule has 2 aliphatic rings. The van der Waals surface area contributed by atoms with Crippen LogP contribution in [0.4, 0.5) is 0 Å². The highest BCUT2D eigenvalue weighted by molar-refractivity contribution is 5.42. The number of nitrogens with one attached hydrogen (secondary N) is 2. The maximum absolute atomic E-state index is 12.3. The predicted octanol–water partition coefficient (Wildman–Crippen LogP) is 0.388. The summed E-state index contributed by atoms with van der Waals surface area (Å²) in [6, 6.07) is 0. The quantitative estimate of drug-likeness (QED) is 0.835. The molecule has 1 atom stereocenters. The van der Waals surface area contributed by atoms with Crippen molar-refractivity contribution in [3.63, 3.8) is 0 Å². The summed E-state index contributed by atoms with van der Waals surface area (Å²) >= 11 is 0. The summed E-state index contributed by atoms with van der Waals surface area (Å²) in [7, 11) is 0. The molecule has 2 fully saturated rings. The Labute approximate surface area is 121 Å². The molecule has 0 spiro atoms. The van der Waals surface area contributed by atoms with E-state index in [9.17, 15) is 4.79 Å². The molecule has 21 heavy (non-hydrogen) atoms. The molecule has 0 aromatic carbocycles. The molecule has 0 aliphatic carbocycles. The topological polar surface area (TPSA) is 84.3 Å². The van der Waals surface area contributed by atoms with E-state index in [1.165, 1.54) is 0 Å². The second-order valence-corrected chi connectivity index (χ2v) is 5.83. The highest BCUT2D eigenvalue weighted by Crippen LogP contribution is 2.26. The van der Waals surface area contributed by atoms with Crippen molar-refractivity contribution in [3.05, 3.63) is 28.2 Å². The van der Waals surface area contributed by atoms with Crippen LogP contribution in [0.2, 0.25) is 0 Å². The summed E-state index contributed by atoms with van der Waals surface area (Å²) in [6.45, 7) is 3.35. The van der Waals surface area contributed by atoms with Gasteiger partial charge in [-0.3, -0.25) is 4.79 Å². The molecule has 0 saturated carbocycles. The van der Waals surface area contributed by atoms with Gasteiger partial charge in [-0.15, -0.1) is 0 Å². The number of H-pyrrole nitrogens is 1. The van der Waals surface area contributed by atoms with Crippen LogP contribution in [0.1, 0.15) is 42.7 Å². The Balaban J connectivity index is 1.79. The number of hydrogen-bond donors (Lipinski definition) is 2. The van der Waals surface area contributed by atoms with E-state index in [0.717, 1.165) is 57.2 Å². The molecule has 112 valence electrons. The third kappa shape index (κ3) is 2.26. The van der Waals surface area contributed by atoms with E-state index >= 15 is 0 Å². The largest absolute Gasteiger partial charge is 0.381 e. The zero-order chi connectivity index (χ0) is 14.2. The number of fused-ring (bicyclic) bond motifs is 1. The van der Waals surface area contributed by atoms with Gasteiger partial charge in [-0.05, 0) is 25.8 Å². The molecular weight excluding hydrogens is 270 g/mol. The fourth-order valence-corrected chi connectivity index (χ4v) is 3.24. The Morgan fingerprint density at radius 1 is 1.24 bits per heavy atom. The molecule has 0 radical (unpaired) electrons. The molecule has 4 rings (SSSR count). The van der Waals surface area contributed by atoms with E-state index in [4.69, 9.17) is 4.74 Å². The van der Waals surface area contributed by atoms with Crippen LogP contribution in [0, 0.1) is 0 Å². The number of hydrogen-bond acceptors (Lipinski definition) is 5. The number of aromatic amines is 1. The first kappa shape index (κ1) is 13.0. The lowest BCUT2D eigenvalue weighted by molar-refractivity contribution is 0.0832. The van der Waals surface area contributed by atoms with E-state index in [1.807, 2.05) is 0 Å². The zero-order valence-electron chi connectivity index (χ0n) is 11.8. The van der Waals surface area contributed by atoms with E-state index in [2.05, 4.69) is 20.4 Å². The maximum Gasteiger partial charge on any atom is 0.276 e. The maximum atomic E-state index is 12.3. The lowest BCUT2D eigenvalue weighted by atomic mass is 10.00. The molecule has 2 saturated heterocycles. The Kier molecular flexibility index (Phi) is 3.23. The van der Waals surface area contributed by atoms with Gasteiger partial charge in [-0.25, -0.2) is 9.50 Å². The van der Waals surface area contributed by atoms with Gasteiger partial charge in [0.2, 0.25) is 0 Å². The summed E-state index contributed by atoms with van der Waals surface area (Å²) in [5.74, 6) is 2.27. The first-order valence-electron chi connectivity index (χ1n) is 7.59. The summed E-state index contributed by atoms with van der Waals surface area (Å²) in [5.41, 5.74) is 0.434. The molecule has 2 N–H and O–H groups in total. The average Bonchev–Trinajstić information content (AvgIpc) is 3.18. The molecule has 7 heteroatoms. The van der Waals surface area contributed by atoms with Crippen LogP contribution >= 0.6 is 0 Å². The molecule has 7 nitrogen and oxygen atoms in total. The standard InChI is InChI=1S/C14H19N5O2/c20-14-11-8-16-13(9-2-5-21-6-3-9)19(11)18-12(17-14)10-1-4-15-7-10/h8-10,15H,1-7H2,(H,17,18,20). The van der Waals surface area contributed by atoms with Gasteiger partial charge in [0.1, 0.15) is 11.6 Å². The highest BCUT2D eigenvalue weighted by atomic mass is 16.5. The first-order chi connectivity index (χ1) is 10.3. The summed E-state index contributed by atoms with van der Waals surface area (Å²) < 4.78 is 7.16. The number of imidazole rings is 1.